The zero-order valence-electron chi connectivity index (χ0n) is 12.1. The minimum absolute atomic E-state index is 0.350. The second-order valence-corrected chi connectivity index (χ2v) is 5.60. The fourth-order valence-electron chi connectivity index (χ4n) is 2.92. The number of aromatic nitrogens is 2. The summed E-state index contributed by atoms with van der Waals surface area (Å²) in [4.78, 5) is 4.77. The van der Waals surface area contributed by atoms with Crippen molar-refractivity contribution in [3.05, 3.63) is 17.7 Å². The van der Waals surface area contributed by atoms with Gasteiger partial charge in [-0.15, -0.1) is 0 Å². The number of nitrogens with one attached hydrogen (secondary N) is 1. The summed E-state index contributed by atoms with van der Waals surface area (Å²) >= 11 is 0. The van der Waals surface area contributed by atoms with Crippen molar-refractivity contribution in [2.45, 2.75) is 65.0 Å². The van der Waals surface area contributed by atoms with Crippen LogP contribution in [0.3, 0.4) is 0 Å². The summed E-state index contributed by atoms with van der Waals surface area (Å²) in [6, 6.07) is 0.350. The van der Waals surface area contributed by atoms with Crippen LogP contribution in [0, 0.1) is 5.92 Å². The first-order valence-corrected chi connectivity index (χ1v) is 7.47. The van der Waals surface area contributed by atoms with Gasteiger partial charge in [0, 0.05) is 25.2 Å². The van der Waals surface area contributed by atoms with Gasteiger partial charge in [0.25, 0.3) is 0 Å². The quantitative estimate of drug-likeness (QED) is 0.867. The molecule has 1 atom stereocenters. The van der Waals surface area contributed by atoms with Crippen LogP contribution in [0.15, 0.2) is 6.20 Å². The third-order valence-corrected chi connectivity index (χ3v) is 4.25. The van der Waals surface area contributed by atoms with E-state index < -0.39 is 0 Å². The fraction of sp³-hybridized carbons (Fsp3) is 0.800. The molecule has 0 aliphatic heterocycles. The van der Waals surface area contributed by atoms with E-state index in [0.29, 0.717) is 6.04 Å². The lowest BCUT2D eigenvalue weighted by Crippen LogP contribution is -2.15. The molecule has 0 amide bonds. The Hall–Kier alpha value is -0.830. The SMILES string of the molecule is CCc1nc(C(C)NC)cn1CC1CCCCC1. The average Bonchev–Trinajstić information content (AvgIpc) is 2.82. The lowest BCUT2D eigenvalue weighted by atomic mass is 9.89. The van der Waals surface area contributed by atoms with Gasteiger partial charge in [0.05, 0.1) is 5.69 Å². The molecule has 1 aromatic heterocycles. The monoisotopic (exact) mass is 249 g/mol. The maximum Gasteiger partial charge on any atom is 0.108 e. The zero-order valence-corrected chi connectivity index (χ0v) is 12.1. The lowest BCUT2D eigenvalue weighted by molar-refractivity contribution is 0.316. The summed E-state index contributed by atoms with van der Waals surface area (Å²) in [5.41, 5.74) is 1.19. The van der Waals surface area contributed by atoms with E-state index in [1.54, 1.807) is 0 Å². The molecule has 18 heavy (non-hydrogen) atoms. The molecule has 2 rings (SSSR count). The number of rotatable bonds is 5. The van der Waals surface area contributed by atoms with E-state index in [-0.39, 0.29) is 0 Å². The highest BCUT2D eigenvalue weighted by Gasteiger charge is 2.17. The number of imidazole rings is 1. The van der Waals surface area contributed by atoms with Crippen molar-refractivity contribution in [3.8, 4) is 0 Å². The van der Waals surface area contributed by atoms with Gasteiger partial charge in [-0.1, -0.05) is 26.2 Å². The first-order valence-electron chi connectivity index (χ1n) is 7.47. The van der Waals surface area contributed by atoms with Gasteiger partial charge >= 0.3 is 0 Å². The van der Waals surface area contributed by atoms with Gasteiger partial charge in [-0.25, -0.2) is 4.98 Å². The second-order valence-electron chi connectivity index (χ2n) is 5.60. The van der Waals surface area contributed by atoms with Crippen LogP contribution in [-0.2, 0) is 13.0 Å². The zero-order chi connectivity index (χ0) is 13.0. The molecule has 0 bridgehead atoms. The third kappa shape index (κ3) is 3.14. The van der Waals surface area contributed by atoms with Gasteiger partial charge in [0.15, 0.2) is 0 Å². The Morgan fingerprint density at radius 1 is 1.39 bits per heavy atom. The Balaban J connectivity index is 2.07. The molecule has 1 saturated carbocycles. The predicted octanol–water partition coefficient (Wildman–Crippen LogP) is 3.31. The lowest BCUT2D eigenvalue weighted by Gasteiger charge is -2.22. The number of aryl methyl sites for hydroxylation is 1. The summed E-state index contributed by atoms with van der Waals surface area (Å²) in [6.07, 6.45) is 10.4. The molecule has 1 aromatic rings. The minimum atomic E-state index is 0.350. The van der Waals surface area contributed by atoms with Gasteiger partial charge in [0.2, 0.25) is 0 Å². The topological polar surface area (TPSA) is 29.9 Å². The van der Waals surface area contributed by atoms with Gasteiger partial charge < -0.3 is 9.88 Å². The fourth-order valence-corrected chi connectivity index (χ4v) is 2.92. The Labute approximate surface area is 111 Å². The van der Waals surface area contributed by atoms with Crippen LogP contribution in [-0.4, -0.2) is 16.6 Å². The van der Waals surface area contributed by atoms with Crippen LogP contribution in [0.4, 0.5) is 0 Å². The molecule has 1 unspecified atom stereocenters. The minimum Gasteiger partial charge on any atom is -0.334 e. The molecule has 0 spiro atoms. The Morgan fingerprint density at radius 2 is 2.11 bits per heavy atom. The summed E-state index contributed by atoms with van der Waals surface area (Å²) < 4.78 is 2.40. The number of hydrogen-bond acceptors (Lipinski definition) is 2. The van der Waals surface area contributed by atoms with E-state index >= 15 is 0 Å². The molecule has 1 fully saturated rings. The van der Waals surface area contributed by atoms with E-state index in [1.165, 1.54) is 50.2 Å². The molecule has 0 saturated heterocycles. The van der Waals surface area contributed by atoms with Crippen molar-refractivity contribution >= 4 is 0 Å². The van der Waals surface area contributed by atoms with Crippen molar-refractivity contribution in [1.82, 2.24) is 14.9 Å². The van der Waals surface area contributed by atoms with Crippen molar-refractivity contribution in [2.75, 3.05) is 7.05 Å². The van der Waals surface area contributed by atoms with Gasteiger partial charge in [-0.2, -0.15) is 0 Å². The summed E-state index contributed by atoms with van der Waals surface area (Å²) in [7, 11) is 2.00. The molecule has 1 aliphatic carbocycles. The van der Waals surface area contributed by atoms with Crippen molar-refractivity contribution < 1.29 is 0 Å². The normalized spacial score (nSPS) is 19.1. The molecule has 3 heteroatoms. The summed E-state index contributed by atoms with van der Waals surface area (Å²) in [5.74, 6) is 2.12. The van der Waals surface area contributed by atoms with E-state index in [4.69, 9.17) is 4.98 Å². The molecule has 1 heterocycles. The van der Waals surface area contributed by atoms with Crippen LogP contribution >= 0.6 is 0 Å². The molecule has 3 nitrogen and oxygen atoms in total. The average molecular weight is 249 g/mol. The van der Waals surface area contributed by atoms with Crippen LogP contribution in [0.25, 0.3) is 0 Å². The van der Waals surface area contributed by atoms with Crippen LogP contribution < -0.4 is 5.32 Å². The number of hydrogen-bond donors (Lipinski definition) is 1. The Bertz CT molecular complexity index is 364. The smallest absolute Gasteiger partial charge is 0.108 e. The Kier molecular flexibility index (Phi) is 4.81. The second kappa shape index (κ2) is 6.37. The van der Waals surface area contributed by atoms with Crippen molar-refractivity contribution in [3.63, 3.8) is 0 Å². The van der Waals surface area contributed by atoms with E-state index in [0.717, 1.165) is 12.3 Å². The summed E-state index contributed by atoms with van der Waals surface area (Å²) in [5, 5.41) is 3.27. The van der Waals surface area contributed by atoms with Gasteiger partial charge in [-0.05, 0) is 32.7 Å². The van der Waals surface area contributed by atoms with E-state index in [1.807, 2.05) is 7.05 Å². The van der Waals surface area contributed by atoms with Crippen LogP contribution in [0.2, 0.25) is 0 Å². The first-order chi connectivity index (χ1) is 8.74. The largest absolute Gasteiger partial charge is 0.334 e. The van der Waals surface area contributed by atoms with Gasteiger partial charge in [-0.3, -0.25) is 0 Å². The first kappa shape index (κ1) is 13.6. The molecule has 1 aliphatic rings. The number of nitrogens with zero attached hydrogens (tertiary/aromatic N) is 2. The molecule has 0 aromatic carbocycles. The van der Waals surface area contributed by atoms with Gasteiger partial charge in [0.1, 0.15) is 5.82 Å². The van der Waals surface area contributed by atoms with Crippen LogP contribution in [0.5, 0.6) is 0 Å². The molecular weight excluding hydrogens is 222 g/mol. The maximum absolute atomic E-state index is 4.77. The standard InChI is InChI=1S/C15H27N3/c1-4-15-17-14(12(2)16-3)11-18(15)10-13-8-6-5-7-9-13/h11-13,16H,4-10H2,1-3H3. The Morgan fingerprint density at radius 3 is 2.72 bits per heavy atom. The highest BCUT2D eigenvalue weighted by atomic mass is 15.1. The molecule has 1 N–H and O–H groups in total. The van der Waals surface area contributed by atoms with E-state index in [2.05, 4.69) is 29.9 Å². The highest BCUT2D eigenvalue weighted by molar-refractivity contribution is 5.08. The van der Waals surface area contributed by atoms with Crippen molar-refractivity contribution in [2.24, 2.45) is 5.92 Å². The maximum atomic E-state index is 4.77. The summed E-state index contributed by atoms with van der Waals surface area (Å²) in [6.45, 7) is 5.55. The molecule has 102 valence electrons. The van der Waals surface area contributed by atoms with Crippen LogP contribution in [0.1, 0.15) is 63.5 Å². The predicted molar refractivity (Wildman–Crippen MR) is 75.7 cm³/mol. The molecule has 0 radical (unpaired) electrons. The highest BCUT2D eigenvalue weighted by Crippen LogP contribution is 2.26. The third-order valence-electron chi connectivity index (χ3n) is 4.25. The molecular formula is C15H27N3. The van der Waals surface area contributed by atoms with E-state index in [9.17, 15) is 0 Å². The van der Waals surface area contributed by atoms with Crippen molar-refractivity contribution in [1.29, 1.82) is 0 Å².